The summed E-state index contributed by atoms with van der Waals surface area (Å²) in [7, 11) is 0. The molecule has 0 spiro atoms. The largest absolute Gasteiger partial charge is 0.313 e. The van der Waals surface area contributed by atoms with E-state index in [0.29, 0.717) is 6.04 Å². The van der Waals surface area contributed by atoms with Crippen molar-refractivity contribution >= 4 is 11.6 Å². The highest BCUT2D eigenvalue weighted by Gasteiger charge is 2.22. The maximum Gasteiger partial charge on any atom is 0.123 e. The molecular weight excluding hydrogens is 285 g/mol. The van der Waals surface area contributed by atoms with Crippen molar-refractivity contribution in [3.63, 3.8) is 0 Å². The van der Waals surface area contributed by atoms with Gasteiger partial charge in [-0.2, -0.15) is 0 Å². The van der Waals surface area contributed by atoms with Crippen molar-refractivity contribution in [3.05, 3.63) is 70.5 Å². The van der Waals surface area contributed by atoms with Gasteiger partial charge in [-0.15, -0.1) is 0 Å². The predicted molar refractivity (Wildman–Crippen MR) is 85.3 cm³/mol. The molecule has 0 heterocycles. The van der Waals surface area contributed by atoms with Crippen LogP contribution < -0.4 is 5.32 Å². The lowest BCUT2D eigenvalue weighted by atomic mass is 9.91. The van der Waals surface area contributed by atoms with Crippen molar-refractivity contribution in [3.8, 4) is 0 Å². The lowest BCUT2D eigenvalue weighted by Crippen LogP contribution is -2.25. The SMILES string of the molecule is Fc1cccc(C(CNC2CC2)Cc2cccc(Cl)c2)c1. The minimum Gasteiger partial charge on any atom is -0.313 e. The number of benzene rings is 2. The van der Waals surface area contributed by atoms with Crippen LogP contribution in [0, 0.1) is 5.82 Å². The molecule has 1 saturated carbocycles. The average molecular weight is 304 g/mol. The van der Waals surface area contributed by atoms with Crippen LogP contribution in [0.15, 0.2) is 48.5 Å². The number of hydrogen-bond donors (Lipinski definition) is 1. The lowest BCUT2D eigenvalue weighted by Gasteiger charge is -2.18. The van der Waals surface area contributed by atoms with E-state index in [9.17, 15) is 4.39 Å². The second-order valence-electron chi connectivity index (χ2n) is 5.77. The molecule has 1 aliphatic carbocycles. The minimum absolute atomic E-state index is 0.171. The molecule has 110 valence electrons. The normalized spacial score (nSPS) is 15.9. The maximum absolute atomic E-state index is 13.5. The summed E-state index contributed by atoms with van der Waals surface area (Å²) in [6.45, 7) is 0.876. The second-order valence-corrected chi connectivity index (χ2v) is 6.20. The van der Waals surface area contributed by atoms with Crippen molar-refractivity contribution in [2.45, 2.75) is 31.2 Å². The highest BCUT2D eigenvalue weighted by atomic mass is 35.5. The van der Waals surface area contributed by atoms with E-state index in [4.69, 9.17) is 11.6 Å². The van der Waals surface area contributed by atoms with Crippen LogP contribution in [-0.2, 0) is 6.42 Å². The van der Waals surface area contributed by atoms with Crippen LogP contribution in [0.5, 0.6) is 0 Å². The van der Waals surface area contributed by atoms with Crippen LogP contribution in [0.1, 0.15) is 29.9 Å². The van der Waals surface area contributed by atoms with E-state index in [1.165, 1.54) is 24.5 Å². The molecule has 0 amide bonds. The summed E-state index contributed by atoms with van der Waals surface area (Å²) in [6.07, 6.45) is 3.38. The first kappa shape index (κ1) is 14.6. The zero-order valence-corrected chi connectivity index (χ0v) is 12.6. The Bertz CT molecular complexity index is 610. The number of halogens is 2. The molecule has 1 fully saturated rings. The summed E-state index contributed by atoms with van der Waals surface area (Å²) in [5.74, 6) is 0.0924. The molecule has 1 nitrogen and oxygen atoms in total. The fourth-order valence-electron chi connectivity index (χ4n) is 2.61. The third-order valence-electron chi connectivity index (χ3n) is 3.92. The third kappa shape index (κ3) is 4.29. The first-order valence-corrected chi connectivity index (χ1v) is 7.82. The molecule has 1 atom stereocenters. The Balaban J connectivity index is 1.77. The zero-order chi connectivity index (χ0) is 14.7. The van der Waals surface area contributed by atoms with E-state index in [-0.39, 0.29) is 11.7 Å². The van der Waals surface area contributed by atoms with E-state index in [1.807, 2.05) is 24.3 Å². The van der Waals surface area contributed by atoms with Crippen LogP contribution in [0.3, 0.4) is 0 Å². The van der Waals surface area contributed by atoms with Gasteiger partial charge in [0.25, 0.3) is 0 Å². The fourth-order valence-corrected chi connectivity index (χ4v) is 2.83. The molecule has 0 aromatic heterocycles. The Morgan fingerprint density at radius 1 is 1.14 bits per heavy atom. The Hall–Kier alpha value is -1.38. The van der Waals surface area contributed by atoms with Gasteiger partial charge in [0.15, 0.2) is 0 Å². The van der Waals surface area contributed by atoms with E-state index >= 15 is 0 Å². The average Bonchev–Trinajstić information content (AvgIpc) is 3.27. The van der Waals surface area contributed by atoms with Gasteiger partial charge < -0.3 is 5.32 Å². The molecule has 0 radical (unpaired) electrons. The van der Waals surface area contributed by atoms with Gasteiger partial charge in [0.1, 0.15) is 5.82 Å². The minimum atomic E-state index is -0.171. The molecule has 1 N–H and O–H groups in total. The van der Waals surface area contributed by atoms with Gasteiger partial charge in [0.2, 0.25) is 0 Å². The smallest absolute Gasteiger partial charge is 0.123 e. The van der Waals surface area contributed by atoms with Gasteiger partial charge in [0, 0.05) is 23.5 Å². The molecule has 2 aromatic carbocycles. The third-order valence-corrected chi connectivity index (χ3v) is 4.16. The van der Waals surface area contributed by atoms with Gasteiger partial charge in [-0.05, 0) is 54.7 Å². The standard InChI is InChI=1S/C18H19ClFN/c19-16-5-1-3-13(10-16)9-15(12-21-18-7-8-18)14-4-2-6-17(20)11-14/h1-6,10-11,15,18,21H,7-9,12H2. The van der Waals surface area contributed by atoms with E-state index in [1.54, 1.807) is 12.1 Å². The van der Waals surface area contributed by atoms with Crippen LogP contribution in [0.25, 0.3) is 0 Å². The molecule has 2 aromatic rings. The van der Waals surface area contributed by atoms with E-state index in [2.05, 4.69) is 11.4 Å². The first-order valence-electron chi connectivity index (χ1n) is 7.44. The Labute approximate surface area is 130 Å². The number of hydrogen-bond acceptors (Lipinski definition) is 1. The lowest BCUT2D eigenvalue weighted by molar-refractivity contribution is 0.569. The molecule has 3 heteroatoms. The van der Waals surface area contributed by atoms with E-state index in [0.717, 1.165) is 23.6 Å². The monoisotopic (exact) mass is 303 g/mol. The van der Waals surface area contributed by atoms with Crippen molar-refractivity contribution < 1.29 is 4.39 Å². The Kier molecular flexibility index (Phi) is 4.57. The van der Waals surface area contributed by atoms with Gasteiger partial charge in [0.05, 0.1) is 0 Å². The molecule has 0 saturated heterocycles. The van der Waals surface area contributed by atoms with Crippen molar-refractivity contribution in [1.29, 1.82) is 0 Å². The summed E-state index contributed by atoms with van der Waals surface area (Å²) in [5.41, 5.74) is 2.23. The van der Waals surface area contributed by atoms with Crippen LogP contribution in [-0.4, -0.2) is 12.6 Å². The van der Waals surface area contributed by atoms with Crippen LogP contribution >= 0.6 is 11.6 Å². The van der Waals surface area contributed by atoms with Gasteiger partial charge in [-0.1, -0.05) is 35.9 Å². The van der Waals surface area contributed by atoms with Gasteiger partial charge >= 0.3 is 0 Å². The summed E-state index contributed by atoms with van der Waals surface area (Å²) < 4.78 is 13.5. The number of nitrogens with one attached hydrogen (secondary N) is 1. The molecule has 0 aliphatic heterocycles. The topological polar surface area (TPSA) is 12.0 Å². The highest BCUT2D eigenvalue weighted by molar-refractivity contribution is 6.30. The molecule has 0 bridgehead atoms. The summed E-state index contributed by atoms with van der Waals surface area (Å²) >= 11 is 6.06. The van der Waals surface area contributed by atoms with Crippen LogP contribution in [0.2, 0.25) is 5.02 Å². The Morgan fingerprint density at radius 2 is 1.95 bits per heavy atom. The summed E-state index contributed by atoms with van der Waals surface area (Å²) in [4.78, 5) is 0. The van der Waals surface area contributed by atoms with Gasteiger partial charge in [-0.3, -0.25) is 0 Å². The molecular formula is C18H19ClFN. The van der Waals surface area contributed by atoms with E-state index < -0.39 is 0 Å². The maximum atomic E-state index is 13.5. The molecule has 21 heavy (non-hydrogen) atoms. The van der Waals surface area contributed by atoms with Crippen molar-refractivity contribution in [1.82, 2.24) is 5.32 Å². The van der Waals surface area contributed by atoms with Crippen molar-refractivity contribution in [2.75, 3.05) is 6.54 Å². The first-order chi connectivity index (χ1) is 10.2. The van der Waals surface area contributed by atoms with Crippen molar-refractivity contribution in [2.24, 2.45) is 0 Å². The Morgan fingerprint density at radius 3 is 2.67 bits per heavy atom. The highest BCUT2D eigenvalue weighted by Crippen LogP contribution is 2.25. The number of rotatable bonds is 6. The summed E-state index contributed by atoms with van der Waals surface area (Å²) in [5, 5.41) is 4.30. The molecule has 3 rings (SSSR count). The quantitative estimate of drug-likeness (QED) is 0.825. The predicted octanol–water partition coefficient (Wildman–Crippen LogP) is 4.56. The molecule has 1 unspecified atom stereocenters. The second kappa shape index (κ2) is 6.59. The molecule has 1 aliphatic rings. The fraction of sp³-hybridized carbons (Fsp3) is 0.333. The van der Waals surface area contributed by atoms with Crippen LogP contribution in [0.4, 0.5) is 4.39 Å². The summed E-state index contributed by atoms with van der Waals surface area (Å²) in [6, 6.07) is 15.5. The van der Waals surface area contributed by atoms with Gasteiger partial charge in [-0.25, -0.2) is 4.39 Å². The zero-order valence-electron chi connectivity index (χ0n) is 11.9.